The van der Waals surface area contributed by atoms with Gasteiger partial charge in [-0.25, -0.2) is 9.69 Å². The molecule has 2 unspecified atom stereocenters. The Morgan fingerprint density at radius 1 is 1.03 bits per heavy atom. The highest BCUT2D eigenvalue weighted by molar-refractivity contribution is 6.30. The van der Waals surface area contributed by atoms with E-state index < -0.39 is 29.9 Å². The van der Waals surface area contributed by atoms with Crippen molar-refractivity contribution in [2.24, 2.45) is 0 Å². The maximum Gasteiger partial charge on any atom is 0.329 e. The van der Waals surface area contributed by atoms with E-state index in [-0.39, 0.29) is 11.5 Å². The Morgan fingerprint density at radius 2 is 1.69 bits per heavy atom. The minimum absolute atomic E-state index is 0.231. The fraction of sp³-hybridized carbons (Fsp3) is 0.182. The summed E-state index contributed by atoms with van der Waals surface area (Å²) in [7, 11) is 1.67. The summed E-state index contributed by atoms with van der Waals surface area (Å²) < 4.78 is 0. The number of urea groups is 1. The zero-order valence-corrected chi connectivity index (χ0v) is 18.0. The van der Waals surface area contributed by atoms with Crippen molar-refractivity contribution in [3.8, 4) is 0 Å². The molecule has 2 aliphatic rings. The van der Waals surface area contributed by atoms with Gasteiger partial charge in [-0.05, 0) is 42.5 Å². The number of benzene rings is 2. The number of nitrogens with one attached hydrogen (secondary N) is 3. The van der Waals surface area contributed by atoms with Crippen molar-refractivity contribution in [2.45, 2.75) is 19.0 Å². The van der Waals surface area contributed by atoms with Crippen LogP contribution in [-0.4, -0.2) is 47.8 Å². The summed E-state index contributed by atoms with van der Waals surface area (Å²) in [6, 6.07) is 10.8. The third-order valence-electron chi connectivity index (χ3n) is 5.18. The minimum Gasteiger partial charge on any atom is -0.366 e. The van der Waals surface area contributed by atoms with Gasteiger partial charge in [0, 0.05) is 36.6 Å². The summed E-state index contributed by atoms with van der Waals surface area (Å²) in [6.07, 6.45) is 1.55. The highest BCUT2D eigenvalue weighted by atomic mass is 35.5. The molecule has 32 heavy (non-hydrogen) atoms. The number of carbonyl (C=O) groups is 4. The Morgan fingerprint density at radius 3 is 2.34 bits per heavy atom. The number of fused-ring (bicyclic) bond motifs is 1. The topological polar surface area (TPSA) is 111 Å². The smallest absolute Gasteiger partial charge is 0.329 e. The van der Waals surface area contributed by atoms with E-state index in [1.165, 1.54) is 6.92 Å². The molecular weight excluding hydrogens is 434 g/mol. The molecule has 5 amide bonds. The largest absolute Gasteiger partial charge is 0.366 e. The van der Waals surface area contributed by atoms with Crippen molar-refractivity contribution in [3.63, 3.8) is 0 Å². The third-order valence-corrected chi connectivity index (χ3v) is 5.43. The van der Waals surface area contributed by atoms with Gasteiger partial charge in [0.15, 0.2) is 0 Å². The summed E-state index contributed by atoms with van der Waals surface area (Å²) in [5, 5.41) is 8.65. The molecule has 0 radical (unpaired) electrons. The Kier molecular flexibility index (Phi) is 5.58. The van der Waals surface area contributed by atoms with E-state index in [0.717, 1.165) is 4.90 Å². The molecule has 2 aliphatic heterocycles. The van der Waals surface area contributed by atoms with Crippen LogP contribution in [0.1, 0.15) is 6.92 Å². The fourth-order valence-corrected chi connectivity index (χ4v) is 3.93. The molecule has 164 valence electrons. The highest BCUT2D eigenvalue weighted by Crippen LogP contribution is 2.30. The van der Waals surface area contributed by atoms with Crippen LogP contribution in [0.4, 0.5) is 21.9 Å². The summed E-state index contributed by atoms with van der Waals surface area (Å²) >= 11 is 5.90. The van der Waals surface area contributed by atoms with E-state index in [0.29, 0.717) is 22.1 Å². The van der Waals surface area contributed by atoms with Gasteiger partial charge in [0.25, 0.3) is 11.8 Å². The first-order valence-electron chi connectivity index (χ1n) is 9.77. The number of nitrogens with zero attached hydrogens (tertiary/aromatic N) is 2. The Labute approximate surface area is 189 Å². The van der Waals surface area contributed by atoms with Gasteiger partial charge in [0.1, 0.15) is 6.04 Å². The molecule has 9 nitrogen and oxygen atoms in total. The summed E-state index contributed by atoms with van der Waals surface area (Å²) in [4.78, 5) is 52.8. The maximum atomic E-state index is 13.2. The van der Waals surface area contributed by atoms with Crippen molar-refractivity contribution in [1.29, 1.82) is 0 Å². The van der Waals surface area contributed by atoms with Crippen LogP contribution in [0.25, 0.3) is 0 Å². The van der Waals surface area contributed by atoms with Crippen molar-refractivity contribution in [1.82, 2.24) is 10.2 Å². The number of rotatable bonds is 4. The molecule has 1 saturated heterocycles. The van der Waals surface area contributed by atoms with Gasteiger partial charge in [-0.3, -0.25) is 14.4 Å². The van der Waals surface area contributed by atoms with Gasteiger partial charge >= 0.3 is 6.03 Å². The van der Waals surface area contributed by atoms with E-state index in [1.807, 2.05) is 0 Å². The number of amides is 5. The average molecular weight is 454 g/mol. The molecule has 2 heterocycles. The van der Waals surface area contributed by atoms with Gasteiger partial charge in [-0.1, -0.05) is 17.7 Å². The normalized spacial score (nSPS) is 19.8. The van der Waals surface area contributed by atoms with Crippen LogP contribution < -0.4 is 20.9 Å². The molecule has 2 aromatic carbocycles. The Bertz CT molecular complexity index is 1150. The number of halogens is 1. The van der Waals surface area contributed by atoms with Gasteiger partial charge in [0.2, 0.25) is 5.91 Å². The van der Waals surface area contributed by atoms with E-state index in [4.69, 9.17) is 11.6 Å². The molecule has 0 saturated carbocycles. The molecule has 2 aromatic rings. The van der Waals surface area contributed by atoms with Gasteiger partial charge < -0.3 is 20.9 Å². The number of likely N-dealkylation sites (N-methyl/N-ethyl adjacent to an activating group) is 1. The first-order valence-corrected chi connectivity index (χ1v) is 10.1. The highest BCUT2D eigenvalue weighted by Gasteiger charge is 2.49. The molecule has 2 atom stereocenters. The molecular formula is C22H20ClN5O4. The van der Waals surface area contributed by atoms with Crippen molar-refractivity contribution in [2.75, 3.05) is 22.6 Å². The second kappa shape index (κ2) is 8.35. The van der Waals surface area contributed by atoms with Crippen LogP contribution in [0, 0.1) is 0 Å². The molecule has 0 aromatic heterocycles. The van der Waals surface area contributed by atoms with Gasteiger partial charge in [0.05, 0.1) is 17.3 Å². The predicted octanol–water partition coefficient (Wildman–Crippen LogP) is 2.56. The lowest BCUT2D eigenvalue weighted by atomic mass is 9.99. The van der Waals surface area contributed by atoms with Crippen molar-refractivity contribution in [3.05, 3.63) is 65.3 Å². The second-order valence-corrected chi connectivity index (χ2v) is 7.92. The van der Waals surface area contributed by atoms with Crippen LogP contribution in [0.3, 0.4) is 0 Å². The maximum absolute atomic E-state index is 13.2. The third kappa shape index (κ3) is 4.02. The van der Waals surface area contributed by atoms with E-state index in [2.05, 4.69) is 16.0 Å². The Hall–Kier alpha value is -3.85. The lowest BCUT2D eigenvalue weighted by molar-refractivity contribution is -0.122. The van der Waals surface area contributed by atoms with Gasteiger partial charge in [-0.15, -0.1) is 0 Å². The van der Waals surface area contributed by atoms with Crippen molar-refractivity contribution < 1.29 is 19.2 Å². The van der Waals surface area contributed by atoms with Crippen LogP contribution in [0.5, 0.6) is 0 Å². The summed E-state index contributed by atoms with van der Waals surface area (Å²) in [5.74, 6) is -1.14. The average Bonchev–Trinajstić information content (AvgIpc) is 3.05. The first-order chi connectivity index (χ1) is 15.2. The molecule has 4 rings (SSSR count). The number of carbonyl (C=O) groups excluding carboxylic acids is 4. The number of hydrogen-bond donors (Lipinski definition) is 3. The molecule has 0 aliphatic carbocycles. The van der Waals surface area contributed by atoms with Crippen LogP contribution in [-0.2, 0) is 14.4 Å². The monoisotopic (exact) mass is 453 g/mol. The fourth-order valence-electron chi connectivity index (χ4n) is 3.80. The van der Waals surface area contributed by atoms with E-state index >= 15 is 0 Å². The standard InChI is InChI=1S/C22H20ClN5O4/c1-12(29)24-14-4-3-5-15(10-14)25-20(30)17-11-27(2)19-18(17)26-22(32)28(21(19)31)16-8-6-13(23)7-9-16/h3-11,18-19H,1-2H3,(H,24,29)(H,25,30)(H,26,32). The van der Waals surface area contributed by atoms with E-state index in [9.17, 15) is 19.2 Å². The molecule has 10 heteroatoms. The summed E-state index contributed by atoms with van der Waals surface area (Å²) in [6.45, 7) is 1.39. The molecule has 0 bridgehead atoms. The SMILES string of the molecule is CC(=O)Nc1cccc(NC(=O)C2=CN(C)C3C(=O)N(c4ccc(Cl)cc4)C(=O)NC23)c1. The number of imide groups is 1. The Balaban J connectivity index is 1.53. The molecule has 0 spiro atoms. The number of anilines is 3. The second-order valence-electron chi connectivity index (χ2n) is 7.49. The minimum atomic E-state index is -0.804. The van der Waals surface area contributed by atoms with Crippen molar-refractivity contribution >= 4 is 52.4 Å². The molecule has 1 fully saturated rings. The first kappa shape index (κ1) is 21.4. The predicted molar refractivity (Wildman–Crippen MR) is 120 cm³/mol. The molecule has 3 N–H and O–H groups in total. The van der Waals surface area contributed by atoms with Crippen LogP contribution >= 0.6 is 11.6 Å². The lowest BCUT2D eigenvalue weighted by Crippen LogP contribution is -2.65. The summed E-state index contributed by atoms with van der Waals surface area (Å²) in [5.41, 5.74) is 1.63. The number of hydrogen-bond acceptors (Lipinski definition) is 5. The quantitative estimate of drug-likeness (QED) is 0.659. The lowest BCUT2D eigenvalue weighted by Gasteiger charge is -2.37. The van der Waals surface area contributed by atoms with Crippen LogP contribution in [0.2, 0.25) is 5.02 Å². The van der Waals surface area contributed by atoms with Crippen LogP contribution in [0.15, 0.2) is 60.3 Å². The van der Waals surface area contributed by atoms with Gasteiger partial charge in [-0.2, -0.15) is 0 Å². The zero-order chi connectivity index (χ0) is 23.0. The zero-order valence-electron chi connectivity index (χ0n) is 17.3. The van der Waals surface area contributed by atoms with E-state index in [1.54, 1.807) is 66.7 Å².